The van der Waals surface area contributed by atoms with Crippen LogP contribution in [0.25, 0.3) is 0 Å². The Labute approximate surface area is 99.0 Å². The Morgan fingerprint density at radius 3 is 2.44 bits per heavy atom. The summed E-state index contributed by atoms with van der Waals surface area (Å²) in [6, 6.07) is 2.90. The minimum absolute atomic E-state index is 0.235. The maximum absolute atomic E-state index is 5.87. The van der Waals surface area contributed by atoms with Crippen LogP contribution in [0.1, 0.15) is 52.3 Å². The molecule has 2 atom stereocenters. The number of nitrogens with zero attached hydrogens (tertiary/aromatic N) is 2. The first-order valence-corrected chi connectivity index (χ1v) is 6.38. The Balaban J connectivity index is 2.64. The predicted octanol–water partition coefficient (Wildman–Crippen LogP) is 2.77. The summed E-state index contributed by atoms with van der Waals surface area (Å²) in [7, 11) is 0. The number of hydrogen-bond donors (Lipinski definition) is 1. The monoisotopic (exact) mass is 223 g/mol. The molecule has 0 bridgehead atoms. The normalized spacial score (nSPS) is 15.4. The Morgan fingerprint density at radius 1 is 1.31 bits per heavy atom. The molecule has 92 valence electrons. The van der Waals surface area contributed by atoms with Gasteiger partial charge in [-0.2, -0.15) is 5.10 Å². The lowest BCUT2D eigenvalue weighted by Crippen LogP contribution is -2.26. The van der Waals surface area contributed by atoms with E-state index >= 15 is 0 Å². The molecule has 0 radical (unpaired) electrons. The third-order valence-corrected chi connectivity index (χ3v) is 3.41. The van der Waals surface area contributed by atoms with Gasteiger partial charge in [0.15, 0.2) is 0 Å². The quantitative estimate of drug-likeness (QED) is 0.806. The molecule has 1 rings (SSSR count). The van der Waals surface area contributed by atoms with Crippen LogP contribution in [0.15, 0.2) is 12.3 Å². The average Bonchev–Trinajstić information content (AvgIpc) is 2.68. The molecule has 3 heteroatoms. The SMILES string of the molecule is CCC(CC)n1ccc(CC(C)C(C)N)n1. The molecular weight excluding hydrogens is 198 g/mol. The van der Waals surface area contributed by atoms with Gasteiger partial charge in [-0.3, -0.25) is 4.68 Å². The number of hydrogen-bond acceptors (Lipinski definition) is 2. The van der Waals surface area contributed by atoms with Gasteiger partial charge in [-0.05, 0) is 38.2 Å². The molecule has 1 aromatic rings. The maximum Gasteiger partial charge on any atom is 0.0627 e. The Kier molecular flexibility index (Phi) is 5.00. The van der Waals surface area contributed by atoms with E-state index < -0.39 is 0 Å². The lowest BCUT2D eigenvalue weighted by Gasteiger charge is -2.14. The first-order valence-electron chi connectivity index (χ1n) is 6.38. The largest absolute Gasteiger partial charge is 0.328 e. The number of rotatable bonds is 6. The molecule has 0 spiro atoms. The molecule has 0 fully saturated rings. The standard InChI is InChI=1S/C13H25N3/c1-5-13(6-2)16-8-7-12(15-16)9-10(3)11(4)14/h7-8,10-11,13H,5-6,9,14H2,1-4H3. The minimum atomic E-state index is 0.235. The van der Waals surface area contributed by atoms with Crippen molar-refractivity contribution in [3.05, 3.63) is 18.0 Å². The zero-order valence-electron chi connectivity index (χ0n) is 11.0. The Morgan fingerprint density at radius 2 is 1.94 bits per heavy atom. The lowest BCUT2D eigenvalue weighted by atomic mass is 9.99. The van der Waals surface area contributed by atoms with Crippen LogP contribution in [0.3, 0.4) is 0 Å². The molecule has 2 unspecified atom stereocenters. The molecule has 0 saturated carbocycles. The second-order valence-corrected chi connectivity index (χ2v) is 4.80. The smallest absolute Gasteiger partial charge is 0.0627 e. The first-order chi connectivity index (χ1) is 7.58. The molecule has 16 heavy (non-hydrogen) atoms. The van der Waals surface area contributed by atoms with Crippen molar-refractivity contribution in [2.45, 2.75) is 59.0 Å². The Bertz CT molecular complexity index is 300. The molecular formula is C13H25N3. The van der Waals surface area contributed by atoms with Crippen LogP contribution in [-0.4, -0.2) is 15.8 Å². The summed E-state index contributed by atoms with van der Waals surface area (Å²) in [6.07, 6.45) is 5.35. The fraction of sp³-hybridized carbons (Fsp3) is 0.769. The topological polar surface area (TPSA) is 43.8 Å². The van der Waals surface area contributed by atoms with Gasteiger partial charge in [0.2, 0.25) is 0 Å². The second kappa shape index (κ2) is 6.04. The van der Waals surface area contributed by atoms with E-state index in [-0.39, 0.29) is 6.04 Å². The van der Waals surface area contributed by atoms with Gasteiger partial charge in [-0.15, -0.1) is 0 Å². The molecule has 0 aromatic carbocycles. The van der Waals surface area contributed by atoms with Gasteiger partial charge in [0.25, 0.3) is 0 Å². The van der Waals surface area contributed by atoms with Gasteiger partial charge >= 0.3 is 0 Å². The van der Waals surface area contributed by atoms with Gasteiger partial charge < -0.3 is 5.73 Å². The van der Waals surface area contributed by atoms with Gasteiger partial charge in [0.05, 0.1) is 11.7 Å². The van der Waals surface area contributed by atoms with E-state index in [2.05, 4.69) is 49.7 Å². The van der Waals surface area contributed by atoms with E-state index in [0.717, 1.165) is 25.0 Å². The van der Waals surface area contributed by atoms with Crippen LogP contribution in [0, 0.1) is 5.92 Å². The summed E-state index contributed by atoms with van der Waals surface area (Å²) >= 11 is 0. The molecule has 0 amide bonds. The molecule has 1 heterocycles. The molecule has 2 N–H and O–H groups in total. The van der Waals surface area contributed by atoms with E-state index in [1.807, 2.05) is 0 Å². The highest BCUT2D eigenvalue weighted by Gasteiger charge is 2.12. The average molecular weight is 223 g/mol. The highest BCUT2D eigenvalue weighted by molar-refractivity contribution is 5.01. The van der Waals surface area contributed by atoms with Crippen molar-refractivity contribution in [2.75, 3.05) is 0 Å². The van der Waals surface area contributed by atoms with Gasteiger partial charge in [-0.1, -0.05) is 20.8 Å². The summed E-state index contributed by atoms with van der Waals surface area (Å²) in [5.41, 5.74) is 7.03. The fourth-order valence-electron chi connectivity index (χ4n) is 1.87. The number of aromatic nitrogens is 2. The van der Waals surface area contributed by atoms with Crippen LogP contribution >= 0.6 is 0 Å². The molecule has 0 aliphatic heterocycles. The summed E-state index contributed by atoms with van der Waals surface area (Å²) in [4.78, 5) is 0. The number of nitrogens with two attached hydrogens (primary N) is 1. The van der Waals surface area contributed by atoms with E-state index in [0.29, 0.717) is 12.0 Å². The fourth-order valence-corrected chi connectivity index (χ4v) is 1.87. The molecule has 0 aliphatic rings. The van der Waals surface area contributed by atoms with Crippen LogP contribution in [0.4, 0.5) is 0 Å². The van der Waals surface area contributed by atoms with E-state index in [9.17, 15) is 0 Å². The molecule has 0 saturated heterocycles. The van der Waals surface area contributed by atoms with Crippen LogP contribution in [-0.2, 0) is 6.42 Å². The zero-order chi connectivity index (χ0) is 12.1. The first kappa shape index (κ1) is 13.2. The molecule has 3 nitrogen and oxygen atoms in total. The Hall–Kier alpha value is -0.830. The van der Waals surface area contributed by atoms with Crippen molar-refractivity contribution in [3.63, 3.8) is 0 Å². The zero-order valence-corrected chi connectivity index (χ0v) is 11.0. The predicted molar refractivity (Wildman–Crippen MR) is 68.4 cm³/mol. The second-order valence-electron chi connectivity index (χ2n) is 4.80. The highest BCUT2D eigenvalue weighted by atomic mass is 15.3. The van der Waals surface area contributed by atoms with Gasteiger partial charge in [-0.25, -0.2) is 0 Å². The van der Waals surface area contributed by atoms with E-state index in [1.165, 1.54) is 0 Å². The minimum Gasteiger partial charge on any atom is -0.328 e. The summed E-state index contributed by atoms with van der Waals surface area (Å²) in [5, 5.41) is 4.64. The van der Waals surface area contributed by atoms with E-state index in [1.54, 1.807) is 0 Å². The molecule has 1 aromatic heterocycles. The van der Waals surface area contributed by atoms with Crippen molar-refractivity contribution >= 4 is 0 Å². The lowest BCUT2D eigenvalue weighted by molar-refractivity contribution is 0.418. The van der Waals surface area contributed by atoms with Crippen molar-refractivity contribution < 1.29 is 0 Å². The van der Waals surface area contributed by atoms with Crippen molar-refractivity contribution in [1.29, 1.82) is 0 Å². The summed E-state index contributed by atoms with van der Waals surface area (Å²) in [5.74, 6) is 0.491. The summed E-state index contributed by atoms with van der Waals surface area (Å²) < 4.78 is 2.10. The van der Waals surface area contributed by atoms with Crippen LogP contribution in [0.2, 0.25) is 0 Å². The summed E-state index contributed by atoms with van der Waals surface area (Å²) in [6.45, 7) is 8.66. The molecule has 0 aliphatic carbocycles. The highest BCUT2D eigenvalue weighted by Crippen LogP contribution is 2.16. The third-order valence-electron chi connectivity index (χ3n) is 3.41. The van der Waals surface area contributed by atoms with E-state index in [4.69, 9.17) is 5.73 Å². The van der Waals surface area contributed by atoms with Gasteiger partial charge in [0.1, 0.15) is 0 Å². The van der Waals surface area contributed by atoms with Crippen LogP contribution in [0.5, 0.6) is 0 Å². The van der Waals surface area contributed by atoms with Crippen LogP contribution < -0.4 is 5.73 Å². The van der Waals surface area contributed by atoms with Crippen molar-refractivity contribution in [1.82, 2.24) is 9.78 Å². The van der Waals surface area contributed by atoms with Crippen molar-refractivity contribution in [2.24, 2.45) is 11.7 Å². The van der Waals surface area contributed by atoms with Crippen molar-refractivity contribution in [3.8, 4) is 0 Å². The third kappa shape index (κ3) is 3.34. The van der Waals surface area contributed by atoms with Gasteiger partial charge in [0, 0.05) is 12.2 Å². The maximum atomic E-state index is 5.87.